The van der Waals surface area contributed by atoms with Crippen LogP contribution in [0.4, 0.5) is 0 Å². The third-order valence-corrected chi connectivity index (χ3v) is 3.16. The van der Waals surface area contributed by atoms with Crippen LogP contribution < -0.4 is 0 Å². The zero-order valence-electron chi connectivity index (χ0n) is 8.39. The normalized spacial score (nSPS) is 12.1. The lowest BCUT2D eigenvalue weighted by Gasteiger charge is -2.08. The summed E-state index contributed by atoms with van der Waals surface area (Å²) in [7, 11) is 0. The van der Waals surface area contributed by atoms with E-state index in [-0.39, 0.29) is 0 Å². The molecule has 0 amide bonds. The molecular weight excluding hydrogens is 323 g/mol. The molecular formula is C11H11IO4. The number of carboxylic acids is 1. The van der Waals surface area contributed by atoms with Crippen molar-refractivity contribution in [1.29, 1.82) is 0 Å². The minimum absolute atomic E-state index is 0.353. The molecule has 0 aromatic heterocycles. The van der Waals surface area contributed by atoms with Crippen LogP contribution in [0.1, 0.15) is 23.7 Å². The first kappa shape index (κ1) is 13.1. The van der Waals surface area contributed by atoms with Crippen molar-refractivity contribution < 1.29 is 19.8 Å². The highest BCUT2D eigenvalue weighted by molar-refractivity contribution is 14.1. The quantitative estimate of drug-likeness (QED) is 0.633. The zero-order valence-corrected chi connectivity index (χ0v) is 10.5. The van der Waals surface area contributed by atoms with Crippen molar-refractivity contribution in [2.24, 2.45) is 0 Å². The van der Waals surface area contributed by atoms with Gasteiger partial charge >= 0.3 is 5.97 Å². The molecule has 0 aliphatic carbocycles. The number of aryl methyl sites for hydroxylation is 1. The number of halogens is 1. The molecule has 16 heavy (non-hydrogen) atoms. The van der Waals surface area contributed by atoms with Crippen molar-refractivity contribution in [2.45, 2.75) is 18.9 Å². The standard InChI is InChI=1S/C11H11IO4/c12-9-6-8(10(14)11(15)16)4-3-7(9)2-1-5-13/h3-6,10,14H,1-2H2,(H,15,16). The average Bonchev–Trinajstić information content (AvgIpc) is 2.26. The molecule has 0 bridgehead atoms. The van der Waals surface area contributed by atoms with E-state index >= 15 is 0 Å². The highest BCUT2D eigenvalue weighted by atomic mass is 127. The van der Waals surface area contributed by atoms with E-state index < -0.39 is 12.1 Å². The van der Waals surface area contributed by atoms with Crippen LogP contribution in [0.25, 0.3) is 0 Å². The smallest absolute Gasteiger partial charge is 0.337 e. The highest BCUT2D eigenvalue weighted by Crippen LogP contribution is 2.20. The van der Waals surface area contributed by atoms with Gasteiger partial charge in [-0.2, -0.15) is 0 Å². The van der Waals surface area contributed by atoms with Crippen molar-refractivity contribution in [3.63, 3.8) is 0 Å². The largest absolute Gasteiger partial charge is 0.479 e. The molecule has 0 saturated heterocycles. The molecule has 4 nitrogen and oxygen atoms in total. The molecule has 0 spiro atoms. The number of carboxylic acid groups (broad SMARTS) is 1. The summed E-state index contributed by atoms with van der Waals surface area (Å²) in [5, 5.41) is 18.0. The highest BCUT2D eigenvalue weighted by Gasteiger charge is 2.16. The van der Waals surface area contributed by atoms with Crippen molar-refractivity contribution in [3.8, 4) is 0 Å². The fourth-order valence-corrected chi connectivity index (χ4v) is 2.10. The van der Waals surface area contributed by atoms with E-state index in [4.69, 9.17) is 5.11 Å². The van der Waals surface area contributed by atoms with Gasteiger partial charge in [-0.15, -0.1) is 0 Å². The summed E-state index contributed by atoms with van der Waals surface area (Å²) in [6.45, 7) is 0. The summed E-state index contributed by atoms with van der Waals surface area (Å²) < 4.78 is 0.859. The van der Waals surface area contributed by atoms with Crippen molar-refractivity contribution >= 4 is 34.8 Å². The zero-order chi connectivity index (χ0) is 12.1. The van der Waals surface area contributed by atoms with E-state index in [2.05, 4.69) is 22.6 Å². The Morgan fingerprint density at radius 1 is 1.50 bits per heavy atom. The SMILES string of the molecule is O=CCCc1ccc(C(O)C(=O)O)cc1I. The van der Waals surface area contributed by atoms with E-state index in [0.29, 0.717) is 18.4 Å². The number of aliphatic hydroxyl groups excluding tert-OH is 1. The summed E-state index contributed by atoms with van der Waals surface area (Å²) >= 11 is 2.06. The number of carbonyl (C=O) groups excluding carboxylic acids is 1. The van der Waals surface area contributed by atoms with E-state index in [0.717, 1.165) is 15.4 Å². The van der Waals surface area contributed by atoms with E-state index in [1.165, 1.54) is 0 Å². The van der Waals surface area contributed by atoms with Crippen LogP contribution in [-0.4, -0.2) is 22.5 Å². The van der Waals surface area contributed by atoms with E-state index in [1.807, 2.05) is 0 Å². The molecule has 1 atom stereocenters. The summed E-state index contributed by atoms with van der Waals surface area (Å²) in [6, 6.07) is 4.94. The van der Waals surface area contributed by atoms with Gasteiger partial charge in [0.15, 0.2) is 6.10 Å². The van der Waals surface area contributed by atoms with Gasteiger partial charge in [0, 0.05) is 9.99 Å². The van der Waals surface area contributed by atoms with Gasteiger partial charge in [0.25, 0.3) is 0 Å². The molecule has 1 aromatic rings. The van der Waals surface area contributed by atoms with Gasteiger partial charge in [0.2, 0.25) is 0 Å². The molecule has 86 valence electrons. The van der Waals surface area contributed by atoms with Crippen LogP contribution in [0, 0.1) is 3.57 Å². The molecule has 0 aliphatic heterocycles. The maximum Gasteiger partial charge on any atom is 0.337 e. The number of aldehydes is 1. The van der Waals surface area contributed by atoms with Gasteiger partial charge in [0.05, 0.1) is 0 Å². The monoisotopic (exact) mass is 334 g/mol. The van der Waals surface area contributed by atoms with E-state index in [1.54, 1.807) is 18.2 Å². The van der Waals surface area contributed by atoms with Crippen LogP contribution in [0.5, 0.6) is 0 Å². The second-order valence-corrected chi connectivity index (χ2v) is 4.46. The van der Waals surface area contributed by atoms with Crippen molar-refractivity contribution in [3.05, 3.63) is 32.9 Å². The number of hydrogen-bond donors (Lipinski definition) is 2. The molecule has 1 unspecified atom stereocenters. The Morgan fingerprint density at radius 3 is 2.69 bits per heavy atom. The van der Waals surface area contributed by atoms with Crippen molar-refractivity contribution in [2.75, 3.05) is 0 Å². The number of aliphatic carboxylic acids is 1. The van der Waals surface area contributed by atoms with Gasteiger partial charge in [-0.3, -0.25) is 0 Å². The fraction of sp³-hybridized carbons (Fsp3) is 0.273. The second-order valence-electron chi connectivity index (χ2n) is 3.30. The number of benzene rings is 1. The van der Waals surface area contributed by atoms with Gasteiger partial charge in [-0.25, -0.2) is 4.79 Å². The second kappa shape index (κ2) is 5.95. The first-order valence-corrected chi connectivity index (χ1v) is 5.77. The Morgan fingerprint density at radius 2 is 2.19 bits per heavy atom. The lowest BCUT2D eigenvalue weighted by atomic mass is 10.0. The maximum absolute atomic E-state index is 10.6. The summed E-state index contributed by atoms with van der Waals surface area (Å²) in [5.74, 6) is -1.27. The van der Waals surface area contributed by atoms with Crippen LogP contribution in [0.3, 0.4) is 0 Å². The summed E-state index contributed by atoms with van der Waals surface area (Å²) in [4.78, 5) is 20.8. The first-order valence-electron chi connectivity index (χ1n) is 4.69. The Hall–Kier alpha value is -0.950. The maximum atomic E-state index is 10.6. The Kier molecular flexibility index (Phi) is 4.88. The Labute approximate surface area is 106 Å². The molecule has 0 saturated carbocycles. The summed E-state index contributed by atoms with van der Waals surface area (Å²) in [6.07, 6.45) is 0.423. The van der Waals surface area contributed by atoms with Crippen molar-refractivity contribution in [1.82, 2.24) is 0 Å². The van der Waals surface area contributed by atoms with E-state index in [9.17, 15) is 14.7 Å². The minimum Gasteiger partial charge on any atom is -0.479 e. The number of carbonyl (C=O) groups is 2. The van der Waals surface area contributed by atoms with Gasteiger partial charge in [0.1, 0.15) is 6.29 Å². The van der Waals surface area contributed by atoms with Gasteiger partial charge < -0.3 is 15.0 Å². The fourth-order valence-electron chi connectivity index (χ4n) is 1.29. The molecule has 1 rings (SSSR count). The Bertz CT molecular complexity index is 403. The Balaban J connectivity index is 2.90. The lowest BCUT2D eigenvalue weighted by Crippen LogP contribution is -2.10. The lowest BCUT2D eigenvalue weighted by molar-refractivity contribution is -0.146. The number of hydrogen-bond acceptors (Lipinski definition) is 3. The number of rotatable bonds is 5. The van der Waals surface area contributed by atoms with Crippen LogP contribution in [-0.2, 0) is 16.0 Å². The molecule has 0 radical (unpaired) electrons. The van der Waals surface area contributed by atoms with Crippen LogP contribution in [0.2, 0.25) is 0 Å². The molecule has 2 N–H and O–H groups in total. The molecule has 5 heteroatoms. The van der Waals surface area contributed by atoms with Gasteiger partial charge in [-0.1, -0.05) is 12.1 Å². The topological polar surface area (TPSA) is 74.6 Å². The van der Waals surface area contributed by atoms with Gasteiger partial charge in [-0.05, 0) is 46.2 Å². The molecule has 0 aliphatic rings. The minimum atomic E-state index is -1.49. The predicted octanol–water partition coefficient (Wildman–Crippen LogP) is 1.54. The summed E-state index contributed by atoms with van der Waals surface area (Å²) in [5.41, 5.74) is 1.33. The molecule has 1 aromatic carbocycles. The number of aliphatic hydroxyl groups is 1. The van der Waals surface area contributed by atoms with Crippen LogP contribution in [0.15, 0.2) is 18.2 Å². The first-order chi connectivity index (χ1) is 7.56. The predicted molar refractivity (Wildman–Crippen MR) is 66.1 cm³/mol. The van der Waals surface area contributed by atoms with Crippen LogP contribution >= 0.6 is 22.6 Å². The molecule has 0 fully saturated rings. The third kappa shape index (κ3) is 3.28. The third-order valence-electron chi connectivity index (χ3n) is 2.16. The molecule has 0 heterocycles. The average molecular weight is 334 g/mol.